The molecule has 0 bridgehead atoms. The Morgan fingerprint density at radius 2 is 1.62 bits per heavy atom. The van der Waals surface area contributed by atoms with Gasteiger partial charge >= 0.3 is 6.03 Å². The number of carbonyl (C=O) groups is 1. The molecule has 0 spiro atoms. The van der Waals surface area contributed by atoms with Crippen molar-refractivity contribution in [3.63, 3.8) is 0 Å². The van der Waals surface area contributed by atoms with Crippen LogP contribution in [0.15, 0.2) is 54.6 Å². The Balaban J connectivity index is 1.12. The molecule has 39 heavy (non-hydrogen) atoms. The highest BCUT2D eigenvalue weighted by Crippen LogP contribution is 2.36. The van der Waals surface area contributed by atoms with Crippen LogP contribution in [0.3, 0.4) is 0 Å². The molecule has 11 heteroatoms. The molecule has 4 aromatic rings. The standard InChI is InChI=1S/C28H23N5O6/c29-10-17-1-4-24-23(7-17)30-31-33(24)28(34)32-11-22(12-32)39-27(18-2-5-25-20(8-18)13-35-15-37-25)19-3-6-26-21(9-19)14-36-16-38-26/h1-9,22,27H,11-16H2. The van der Waals surface area contributed by atoms with Crippen molar-refractivity contribution < 1.29 is 28.5 Å². The van der Waals surface area contributed by atoms with Gasteiger partial charge in [-0.1, -0.05) is 17.3 Å². The quantitative estimate of drug-likeness (QED) is 0.394. The Morgan fingerprint density at radius 1 is 0.949 bits per heavy atom. The van der Waals surface area contributed by atoms with Crippen LogP contribution in [0.5, 0.6) is 11.5 Å². The molecule has 7 rings (SSSR count). The van der Waals surface area contributed by atoms with Crippen LogP contribution < -0.4 is 9.47 Å². The van der Waals surface area contributed by atoms with Gasteiger partial charge < -0.3 is 28.6 Å². The molecule has 1 fully saturated rings. The maximum atomic E-state index is 13.2. The Labute approximate surface area is 223 Å². The first kappa shape index (κ1) is 23.6. The summed E-state index contributed by atoms with van der Waals surface area (Å²) in [5.41, 5.74) is 5.35. The van der Waals surface area contributed by atoms with Crippen molar-refractivity contribution in [2.45, 2.75) is 25.4 Å². The van der Waals surface area contributed by atoms with Crippen LogP contribution in [0, 0.1) is 11.3 Å². The number of rotatable bonds is 4. The van der Waals surface area contributed by atoms with E-state index in [4.69, 9.17) is 28.9 Å². The van der Waals surface area contributed by atoms with Gasteiger partial charge in [-0.15, -0.1) is 5.10 Å². The molecule has 0 aliphatic carbocycles. The van der Waals surface area contributed by atoms with E-state index in [9.17, 15) is 4.79 Å². The Bertz CT molecular complexity index is 1560. The van der Waals surface area contributed by atoms with Crippen LogP contribution in [0.2, 0.25) is 0 Å². The minimum absolute atomic E-state index is 0.189. The minimum atomic E-state index is -0.386. The molecule has 3 aliphatic rings. The highest BCUT2D eigenvalue weighted by molar-refractivity contribution is 5.88. The summed E-state index contributed by atoms with van der Waals surface area (Å²) in [5.74, 6) is 1.61. The molecule has 11 nitrogen and oxygen atoms in total. The fourth-order valence-electron chi connectivity index (χ4n) is 5.04. The van der Waals surface area contributed by atoms with Crippen LogP contribution in [-0.2, 0) is 27.4 Å². The first-order valence-electron chi connectivity index (χ1n) is 12.5. The fourth-order valence-corrected chi connectivity index (χ4v) is 5.04. The van der Waals surface area contributed by atoms with E-state index in [0.29, 0.717) is 42.9 Å². The molecule has 0 atom stereocenters. The first-order chi connectivity index (χ1) is 19.2. The molecular weight excluding hydrogens is 502 g/mol. The molecule has 196 valence electrons. The van der Waals surface area contributed by atoms with Gasteiger partial charge in [0, 0.05) is 11.1 Å². The van der Waals surface area contributed by atoms with Crippen molar-refractivity contribution in [1.82, 2.24) is 19.9 Å². The zero-order valence-corrected chi connectivity index (χ0v) is 20.8. The average molecular weight is 526 g/mol. The summed E-state index contributed by atoms with van der Waals surface area (Å²) < 4.78 is 30.0. The lowest BCUT2D eigenvalue weighted by Crippen LogP contribution is -2.56. The summed E-state index contributed by atoms with van der Waals surface area (Å²) in [5, 5.41) is 17.2. The molecule has 1 aromatic heterocycles. The third kappa shape index (κ3) is 4.34. The van der Waals surface area contributed by atoms with E-state index in [0.717, 1.165) is 33.8 Å². The molecule has 3 aliphatic heterocycles. The second-order valence-electron chi connectivity index (χ2n) is 9.60. The predicted molar refractivity (Wildman–Crippen MR) is 135 cm³/mol. The topological polar surface area (TPSA) is 121 Å². The molecular formula is C28H23N5O6. The fraction of sp³-hybridized carbons (Fsp3) is 0.286. The van der Waals surface area contributed by atoms with Crippen LogP contribution in [0.4, 0.5) is 4.79 Å². The summed E-state index contributed by atoms with van der Waals surface area (Å²) in [7, 11) is 0. The number of fused-ring (bicyclic) bond motifs is 3. The zero-order valence-electron chi connectivity index (χ0n) is 20.8. The van der Waals surface area contributed by atoms with Gasteiger partial charge in [0.25, 0.3) is 0 Å². The molecule has 0 saturated carbocycles. The van der Waals surface area contributed by atoms with E-state index in [1.54, 1.807) is 23.1 Å². The lowest BCUT2D eigenvalue weighted by atomic mass is 9.96. The maximum absolute atomic E-state index is 13.2. The third-order valence-electron chi connectivity index (χ3n) is 7.09. The van der Waals surface area contributed by atoms with Crippen molar-refractivity contribution in [3.05, 3.63) is 82.4 Å². The number of amides is 1. The lowest BCUT2D eigenvalue weighted by Gasteiger charge is -2.40. The van der Waals surface area contributed by atoms with Crippen LogP contribution in [-0.4, -0.2) is 58.7 Å². The lowest BCUT2D eigenvalue weighted by molar-refractivity contribution is -0.0651. The van der Waals surface area contributed by atoms with Crippen molar-refractivity contribution in [3.8, 4) is 17.6 Å². The van der Waals surface area contributed by atoms with Gasteiger partial charge in [0.2, 0.25) is 0 Å². The van der Waals surface area contributed by atoms with Crippen molar-refractivity contribution in [1.29, 1.82) is 5.26 Å². The monoisotopic (exact) mass is 525 g/mol. The summed E-state index contributed by atoms with van der Waals surface area (Å²) >= 11 is 0. The van der Waals surface area contributed by atoms with Gasteiger partial charge in [0.15, 0.2) is 13.6 Å². The van der Waals surface area contributed by atoms with Crippen LogP contribution in [0.25, 0.3) is 11.0 Å². The minimum Gasteiger partial charge on any atom is -0.467 e. The smallest absolute Gasteiger partial charge is 0.346 e. The van der Waals surface area contributed by atoms with Crippen LogP contribution >= 0.6 is 0 Å². The first-order valence-corrected chi connectivity index (χ1v) is 12.5. The van der Waals surface area contributed by atoms with E-state index < -0.39 is 0 Å². The Morgan fingerprint density at radius 3 is 2.26 bits per heavy atom. The Kier molecular flexibility index (Phi) is 5.85. The number of hydrogen-bond donors (Lipinski definition) is 0. The predicted octanol–water partition coefficient (Wildman–Crippen LogP) is 3.49. The van der Waals surface area contributed by atoms with Gasteiger partial charge in [-0.05, 0) is 53.6 Å². The number of carbonyl (C=O) groups excluding carboxylic acids is 1. The molecule has 0 unspecified atom stereocenters. The molecule has 4 heterocycles. The zero-order chi connectivity index (χ0) is 26.3. The maximum Gasteiger partial charge on any atom is 0.346 e. The Hall–Kier alpha value is -4.50. The number of nitriles is 1. The van der Waals surface area contributed by atoms with Crippen molar-refractivity contribution >= 4 is 17.1 Å². The molecule has 3 aromatic carbocycles. The second-order valence-corrected chi connectivity index (χ2v) is 9.60. The highest BCUT2D eigenvalue weighted by Gasteiger charge is 2.36. The van der Waals surface area contributed by atoms with E-state index in [-0.39, 0.29) is 31.8 Å². The van der Waals surface area contributed by atoms with Crippen molar-refractivity contribution in [2.75, 3.05) is 26.7 Å². The number of hydrogen-bond acceptors (Lipinski definition) is 9. The molecule has 1 amide bonds. The number of likely N-dealkylation sites (tertiary alicyclic amines) is 1. The summed E-state index contributed by atoms with van der Waals surface area (Å²) in [6, 6.07) is 18.7. The third-order valence-corrected chi connectivity index (χ3v) is 7.09. The van der Waals surface area contributed by atoms with Crippen molar-refractivity contribution in [2.24, 2.45) is 0 Å². The summed E-state index contributed by atoms with van der Waals surface area (Å²) in [4.78, 5) is 14.8. The number of aromatic nitrogens is 3. The SMILES string of the molecule is N#Cc1ccc2c(c1)nnn2C(=O)N1CC(OC(c2ccc3c(c2)COCO3)c2ccc3c(c2)COCO3)C1. The molecule has 1 saturated heterocycles. The van der Waals surface area contributed by atoms with Crippen LogP contribution in [0.1, 0.15) is 33.9 Å². The van der Waals surface area contributed by atoms with Gasteiger partial charge in [0.1, 0.15) is 23.1 Å². The van der Waals surface area contributed by atoms with E-state index in [1.165, 1.54) is 4.68 Å². The molecule has 0 N–H and O–H groups in total. The molecule has 0 radical (unpaired) electrons. The summed E-state index contributed by atoms with van der Waals surface area (Å²) in [6.45, 7) is 2.22. The van der Waals surface area contributed by atoms with E-state index in [2.05, 4.69) is 16.4 Å². The number of benzene rings is 3. The van der Waals surface area contributed by atoms with E-state index in [1.807, 2.05) is 36.4 Å². The normalized spacial score (nSPS) is 16.6. The number of ether oxygens (including phenoxy) is 5. The largest absolute Gasteiger partial charge is 0.467 e. The van der Waals surface area contributed by atoms with Gasteiger partial charge in [-0.25, -0.2) is 4.79 Å². The number of nitrogens with zero attached hydrogens (tertiary/aromatic N) is 5. The summed E-state index contributed by atoms with van der Waals surface area (Å²) in [6.07, 6.45) is -0.575. The van der Waals surface area contributed by atoms with E-state index >= 15 is 0 Å². The van der Waals surface area contributed by atoms with Gasteiger partial charge in [0.05, 0.1) is 49.6 Å². The highest BCUT2D eigenvalue weighted by atomic mass is 16.7. The average Bonchev–Trinajstić information content (AvgIpc) is 3.39. The van der Waals surface area contributed by atoms with Gasteiger partial charge in [-0.2, -0.15) is 9.94 Å². The second kappa shape index (κ2) is 9.67. The van der Waals surface area contributed by atoms with Gasteiger partial charge in [-0.3, -0.25) is 0 Å².